The predicted octanol–water partition coefficient (Wildman–Crippen LogP) is 6.95. The van der Waals surface area contributed by atoms with Crippen LogP contribution in [0.25, 0.3) is 10.9 Å². The van der Waals surface area contributed by atoms with E-state index >= 15 is 0 Å². The van der Waals surface area contributed by atoms with Gasteiger partial charge < -0.3 is 18.9 Å². The number of amides is 3. The molecular weight excluding hydrogens is 530 g/mol. The summed E-state index contributed by atoms with van der Waals surface area (Å²) in [5.41, 5.74) is -2.62. The van der Waals surface area contributed by atoms with Gasteiger partial charge in [-0.25, -0.2) is 24.4 Å². The average molecular weight is 574 g/mol. The molecule has 0 aliphatic heterocycles. The molecule has 2 aromatic heterocycles. The number of anilines is 2. The molecule has 2 aromatic rings. The van der Waals surface area contributed by atoms with E-state index in [2.05, 4.69) is 26.8 Å². The van der Waals surface area contributed by atoms with Crippen molar-refractivity contribution in [3.63, 3.8) is 0 Å². The summed E-state index contributed by atoms with van der Waals surface area (Å²) < 4.78 is 22.6. The van der Waals surface area contributed by atoms with E-state index in [1.165, 1.54) is 6.20 Å². The van der Waals surface area contributed by atoms with Crippen LogP contribution in [0.1, 0.15) is 88.6 Å². The Kier molecular flexibility index (Phi) is 9.63. The minimum atomic E-state index is -1.04. The van der Waals surface area contributed by atoms with Gasteiger partial charge in [-0.2, -0.15) is 4.98 Å². The van der Waals surface area contributed by atoms with Crippen LogP contribution in [0.4, 0.5) is 26.1 Å². The third-order valence-corrected chi connectivity index (χ3v) is 4.49. The number of nitrogens with one attached hydrogen (secondary N) is 1. The topological polar surface area (TPSA) is 142 Å². The lowest BCUT2D eigenvalue weighted by atomic mass is 10.1. The Labute approximate surface area is 241 Å². The summed E-state index contributed by atoms with van der Waals surface area (Å²) in [6.07, 6.45) is 0.625. The number of ether oxygens (including phenoxy) is 4. The first-order chi connectivity index (χ1) is 18.5. The molecular formula is C29H43N5O7. The van der Waals surface area contributed by atoms with Gasteiger partial charge in [0.05, 0.1) is 5.52 Å². The van der Waals surface area contributed by atoms with Crippen molar-refractivity contribution in [3.8, 4) is 5.88 Å². The fourth-order valence-electron chi connectivity index (χ4n) is 3.26. The molecule has 0 saturated heterocycles. The Balaban J connectivity index is 2.92. The van der Waals surface area contributed by atoms with E-state index in [1.807, 2.05) is 0 Å². The quantitative estimate of drug-likeness (QED) is 0.295. The van der Waals surface area contributed by atoms with Crippen molar-refractivity contribution in [1.82, 2.24) is 15.0 Å². The minimum Gasteiger partial charge on any atom is -0.471 e. The molecule has 2 heterocycles. The van der Waals surface area contributed by atoms with Gasteiger partial charge in [0.25, 0.3) is 0 Å². The highest BCUT2D eigenvalue weighted by atomic mass is 16.6. The maximum atomic E-state index is 13.4. The molecule has 0 aliphatic carbocycles. The van der Waals surface area contributed by atoms with Crippen LogP contribution in [0.15, 0.2) is 18.9 Å². The number of hydrogen-bond acceptors (Lipinski definition) is 10. The number of carbonyl (C=O) groups excluding carboxylic acids is 3. The van der Waals surface area contributed by atoms with E-state index in [0.717, 1.165) is 0 Å². The zero-order valence-electron chi connectivity index (χ0n) is 26.2. The van der Waals surface area contributed by atoms with Crippen molar-refractivity contribution in [2.24, 2.45) is 0 Å². The molecule has 0 aliphatic rings. The molecule has 0 aromatic carbocycles. The normalized spacial score (nSPS) is 12.4. The summed E-state index contributed by atoms with van der Waals surface area (Å²) in [4.78, 5) is 53.5. The number of carbonyl (C=O) groups is 3. The highest BCUT2D eigenvalue weighted by Gasteiger charge is 2.36. The van der Waals surface area contributed by atoms with Gasteiger partial charge in [0.1, 0.15) is 33.6 Å². The summed E-state index contributed by atoms with van der Waals surface area (Å²) in [5.74, 6) is -0.326. The van der Waals surface area contributed by atoms with E-state index in [4.69, 9.17) is 18.9 Å². The standard InChI is InChI=1S/C29H43N5O7/c1-14-15-17-16-30-20(32-23(35)39-27(5,6)7)18-19(17)31-22(33-21(18)38-26(2,3)4)34(24(36)40-28(8,9)10)25(37)41-29(11,12)13/h14,16H,1,15H2,2-13H3,(H,30,32,35). The fourth-order valence-corrected chi connectivity index (χ4v) is 3.26. The minimum absolute atomic E-state index is 0.0425. The van der Waals surface area contributed by atoms with Crippen molar-refractivity contribution >= 4 is 40.9 Å². The van der Waals surface area contributed by atoms with Gasteiger partial charge in [-0.05, 0) is 89.5 Å². The van der Waals surface area contributed by atoms with Gasteiger partial charge in [0.2, 0.25) is 11.8 Å². The highest BCUT2D eigenvalue weighted by molar-refractivity contribution is 6.09. The number of rotatable bonds is 5. The Morgan fingerprint density at radius 1 is 0.829 bits per heavy atom. The summed E-state index contributed by atoms with van der Waals surface area (Å²) in [6.45, 7) is 24.4. The summed E-state index contributed by atoms with van der Waals surface area (Å²) in [5, 5.41) is 2.88. The first kappa shape index (κ1) is 33.2. The smallest absolute Gasteiger partial charge is 0.427 e. The largest absolute Gasteiger partial charge is 0.471 e. The van der Waals surface area contributed by atoms with Gasteiger partial charge in [0.15, 0.2) is 0 Å². The van der Waals surface area contributed by atoms with Crippen molar-refractivity contribution in [3.05, 3.63) is 24.4 Å². The number of fused-ring (bicyclic) bond motifs is 1. The molecule has 226 valence electrons. The van der Waals surface area contributed by atoms with Gasteiger partial charge in [-0.3, -0.25) is 5.32 Å². The second-order valence-corrected chi connectivity index (χ2v) is 13.3. The molecule has 41 heavy (non-hydrogen) atoms. The van der Waals surface area contributed by atoms with Crippen molar-refractivity contribution in [1.29, 1.82) is 0 Å². The molecule has 3 amide bonds. The van der Waals surface area contributed by atoms with Crippen LogP contribution >= 0.6 is 0 Å². The molecule has 0 bridgehead atoms. The monoisotopic (exact) mass is 573 g/mol. The summed E-state index contributed by atoms with van der Waals surface area (Å²) >= 11 is 0. The maximum Gasteiger partial charge on any atom is 0.427 e. The van der Waals surface area contributed by atoms with E-state index in [1.54, 1.807) is 89.2 Å². The zero-order chi connectivity index (χ0) is 31.6. The summed E-state index contributed by atoms with van der Waals surface area (Å²) in [6, 6.07) is 0. The fraction of sp³-hybridized carbons (Fsp3) is 0.586. The summed E-state index contributed by atoms with van der Waals surface area (Å²) in [7, 11) is 0. The van der Waals surface area contributed by atoms with Crippen LogP contribution < -0.4 is 15.0 Å². The molecule has 0 radical (unpaired) electrons. The van der Waals surface area contributed by atoms with E-state index in [0.29, 0.717) is 16.9 Å². The number of aromatic nitrogens is 3. The van der Waals surface area contributed by atoms with Crippen LogP contribution in [0, 0.1) is 0 Å². The van der Waals surface area contributed by atoms with Crippen LogP contribution in [0.3, 0.4) is 0 Å². The third-order valence-electron chi connectivity index (χ3n) is 4.49. The molecule has 12 heteroatoms. The number of nitrogens with zero attached hydrogens (tertiary/aromatic N) is 4. The van der Waals surface area contributed by atoms with Gasteiger partial charge >= 0.3 is 18.3 Å². The number of pyridine rings is 1. The molecule has 0 fully saturated rings. The van der Waals surface area contributed by atoms with Gasteiger partial charge in [-0.15, -0.1) is 11.5 Å². The molecule has 2 rings (SSSR count). The lowest BCUT2D eigenvalue weighted by Crippen LogP contribution is -2.44. The molecule has 0 spiro atoms. The van der Waals surface area contributed by atoms with Crippen molar-refractivity contribution in [2.45, 2.75) is 112 Å². The van der Waals surface area contributed by atoms with Crippen molar-refractivity contribution < 1.29 is 33.3 Å². The Morgan fingerprint density at radius 3 is 1.78 bits per heavy atom. The second-order valence-electron chi connectivity index (χ2n) is 13.3. The van der Waals surface area contributed by atoms with E-state index in [-0.39, 0.29) is 28.5 Å². The third kappa shape index (κ3) is 10.2. The number of hydrogen-bond donors (Lipinski definition) is 1. The van der Waals surface area contributed by atoms with E-state index in [9.17, 15) is 14.4 Å². The molecule has 1 N–H and O–H groups in total. The Morgan fingerprint density at radius 2 is 1.34 bits per heavy atom. The maximum absolute atomic E-state index is 13.4. The number of allylic oxidation sites excluding steroid dienone is 1. The van der Waals surface area contributed by atoms with Crippen LogP contribution in [0.2, 0.25) is 0 Å². The first-order valence-electron chi connectivity index (χ1n) is 13.3. The van der Waals surface area contributed by atoms with Gasteiger partial charge in [-0.1, -0.05) is 6.08 Å². The van der Waals surface area contributed by atoms with Crippen LogP contribution in [-0.4, -0.2) is 55.6 Å². The highest BCUT2D eigenvalue weighted by Crippen LogP contribution is 2.35. The molecule has 12 nitrogen and oxygen atoms in total. The average Bonchev–Trinajstić information content (AvgIpc) is 2.70. The Bertz CT molecular complexity index is 1280. The molecule has 0 atom stereocenters. The predicted molar refractivity (Wildman–Crippen MR) is 156 cm³/mol. The first-order valence-corrected chi connectivity index (χ1v) is 13.3. The zero-order valence-corrected chi connectivity index (χ0v) is 26.2. The molecule has 0 saturated carbocycles. The van der Waals surface area contributed by atoms with Gasteiger partial charge in [0, 0.05) is 11.8 Å². The van der Waals surface area contributed by atoms with E-state index < -0.39 is 40.7 Å². The lowest BCUT2D eigenvalue weighted by molar-refractivity contribution is 0.0426. The SMILES string of the molecule is C=CCc1cnc(NC(=O)OC(C)(C)C)c2c(OC(C)(C)C)nc(N(C(=O)OC(C)(C)C)C(=O)OC(C)(C)C)nc12. The van der Waals surface area contributed by atoms with Crippen LogP contribution in [-0.2, 0) is 20.6 Å². The van der Waals surface area contributed by atoms with Crippen molar-refractivity contribution in [2.75, 3.05) is 10.2 Å². The van der Waals surface area contributed by atoms with Crippen LogP contribution in [0.5, 0.6) is 5.88 Å². The second kappa shape index (κ2) is 11.9. The Hall–Kier alpha value is -3.96. The molecule has 0 unspecified atom stereocenters. The lowest BCUT2D eigenvalue weighted by Gasteiger charge is -2.28. The number of imide groups is 1.